The van der Waals surface area contributed by atoms with Crippen molar-refractivity contribution in [2.75, 3.05) is 18.5 Å². The number of aryl methyl sites for hydroxylation is 1. The zero-order chi connectivity index (χ0) is 23.2. The Morgan fingerprint density at radius 3 is 2.52 bits per heavy atom. The fourth-order valence-corrected chi connectivity index (χ4v) is 2.61. The molecule has 2 rings (SSSR count). The second kappa shape index (κ2) is 10.1. The quantitative estimate of drug-likeness (QED) is 0.651. The third-order valence-electron chi connectivity index (χ3n) is 3.88. The normalized spacial score (nSPS) is 12.1. The summed E-state index contributed by atoms with van der Waals surface area (Å²) in [6.45, 7) is 5.06. The van der Waals surface area contributed by atoms with Crippen LogP contribution in [0.25, 0.3) is 0 Å². The van der Waals surface area contributed by atoms with E-state index in [1.165, 1.54) is 25.3 Å². The van der Waals surface area contributed by atoms with Crippen molar-refractivity contribution >= 4 is 17.6 Å². The van der Waals surface area contributed by atoms with E-state index in [0.717, 1.165) is 0 Å². The van der Waals surface area contributed by atoms with Crippen LogP contribution < -0.4 is 20.1 Å². The predicted molar refractivity (Wildman–Crippen MR) is 106 cm³/mol. The Labute approximate surface area is 177 Å². The standard InChI is InChI=1S/C20H23F3N4O4/c1-5-30-16-7-15(9-24-19(16)31-10-20(21,22)23)12(3)26-18(29)14-6-11(2)25-17(8-14)27-13(4)28/h6-9,12H,5,10H2,1-4H3,(H,26,29)(H,25,27,28). The molecule has 168 valence electrons. The summed E-state index contributed by atoms with van der Waals surface area (Å²) in [6, 6.07) is 3.92. The van der Waals surface area contributed by atoms with Crippen molar-refractivity contribution in [3.8, 4) is 11.6 Å². The molecule has 11 heteroatoms. The fraction of sp³-hybridized carbons (Fsp3) is 0.400. The lowest BCUT2D eigenvalue weighted by Gasteiger charge is -2.18. The topological polar surface area (TPSA) is 102 Å². The van der Waals surface area contributed by atoms with Crippen LogP contribution in [0.2, 0.25) is 0 Å². The number of carbonyl (C=O) groups is 2. The number of nitrogens with one attached hydrogen (secondary N) is 2. The molecule has 0 saturated carbocycles. The molecular formula is C20H23F3N4O4. The van der Waals surface area contributed by atoms with E-state index in [9.17, 15) is 22.8 Å². The maximum absolute atomic E-state index is 12.7. The maximum Gasteiger partial charge on any atom is 0.422 e. The molecule has 31 heavy (non-hydrogen) atoms. The number of aromatic nitrogens is 2. The average Bonchev–Trinajstić information content (AvgIpc) is 2.65. The molecule has 2 N–H and O–H groups in total. The lowest BCUT2D eigenvalue weighted by atomic mass is 10.1. The molecule has 2 aromatic rings. The second-order valence-electron chi connectivity index (χ2n) is 6.67. The molecule has 0 aliphatic rings. The van der Waals surface area contributed by atoms with Gasteiger partial charge in [0.15, 0.2) is 12.4 Å². The molecule has 0 spiro atoms. The number of carbonyl (C=O) groups excluding carboxylic acids is 2. The zero-order valence-corrected chi connectivity index (χ0v) is 17.5. The Hall–Kier alpha value is -3.37. The number of halogens is 3. The molecule has 2 aromatic heterocycles. The highest BCUT2D eigenvalue weighted by Crippen LogP contribution is 2.29. The molecule has 1 atom stereocenters. The first kappa shape index (κ1) is 23.9. The van der Waals surface area contributed by atoms with E-state index in [4.69, 9.17) is 9.47 Å². The third-order valence-corrected chi connectivity index (χ3v) is 3.88. The number of amides is 2. The second-order valence-corrected chi connectivity index (χ2v) is 6.67. The summed E-state index contributed by atoms with van der Waals surface area (Å²) in [5, 5.41) is 5.30. The first-order valence-electron chi connectivity index (χ1n) is 9.38. The van der Waals surface area contributed by atoms with Crippen molar-refractivity contribution in [3.05, 3.63) is 41.2 Å². The highest BCUT2D eigenvalue weighted by Gasteiger charge is 2.29. The Morgan fingerprint density at radius 1 is 1.19 bits per heavy atom. The number of hydrogen-bond acceptors (Lipinski definition) is 6. The van der Waals surface area contributed by atoms with E-state index >= 15 is 0 Å². The summed E-state index contributed by atoms with van der Waals surface area (Å²) in [6.07, 6.45) is -3.20. The summed E-state index contributed by atoms with van der Waals surface area (Å²) in [4.78, 5) is 31.9. The molecule has 0 aliphatic heterocycles. The summed E-state index contributed by atoms with van der Waals surface area (Å²) in [5.74, 6) is -0.749. The number of rotatable bonds is 8. The Bertz CT molecular complexity index is 951. The average molecular weight is 440 g/mol. The molecular weight excluding hydrogens is 417 g/mol. The number of ether oxygens (including phenoxy) is 2. The van der Waals surface area contributed by atoms with Gasteiger partial charge in [-0.25, -0.2) is 9.97 Å². The summed E-state index contributed by atoms with van der Waals surface area (Å²) in [5.41, 5.74) is 1.32. The van der Waals surface area contributed by atoms with Crippen molar-refractivity contribution in [1.29, 1.82) is 0 Å². The van der Waals surface area contributed by atoms with Crippen LogP contribution in [0, 0.1) is 6.92 Å². The van der Waals surface area contributed by atoms with Crippen molar-refractivity contribution in [2.24, 2.45) is 0 Å². The van der Waals surface area contributed by atoms with Crippen LogP contribution >= 0.6 is 0 Å². The van der Waals surface area contributed by atoms with Crippen molar-refractivity contribution in [3.63, 3.8) is 0 Å². The maximum atomic E-state index is 12.7. The lowest BCUT2D eigenvalue weighted by molar-refractivity contribution is -0.154. The number of alkyl halides is 3. The van der Waals surface area contributed by atoms with Crippen LogP contribution in [-0.4, -0.2) is 41.2 Å². The molecule has 0 aromatic carbocycles. The van der Waals surface area contributed by atoms with Gasteiger partial charge in [-0.05, 0) is 44.5 Å². The van der Waals surface area contributed by atoms with Crippen LogP contribution in [0.3, 0.4) is 0 Å². The lowest BCUT2D eigenvalue weighted by Crippen LogP contribution is -2.27. The summed E-state index contributed by atoms with van der Waals surface area (Å²) in [7, 11) is 0. The highest BCUT2D eigenvalue weighted by atomic mass is 19.4. The van der Waals surface area contributed by atoms with Gasteiger partial charge in [0.25, 0.3) is 11.8 Å². The first-order valence-corrected chi connectivity index (χ1v) is 9.38. The van der Waals surface area contributed by atoms with Crippen LogP contribution in [0.5, 0.6) is 11.6 Å². The van der Waals surface area contributed by atoms with Crippen molar-refractivity contribution in [2.45, 2.75) is 39.9 Å². The monoisotopic (exact) mass is 440 g/mol. The Balaban J connectivity index is 2.18. The van der Waals surface area contributed by atoms with Crippen LogP contribution in [0.4, 0.5) is 19.0 Å². The zero-order valence-electron chi connectivity index (χ0n) is 17.5. The van der Waals surface area contributed by atoms with E-state index in [1.54, 1.807) is 26.8 Å². The van der Waals surface area contributed by atoms with Gasteiger partial charge in [-0.2, -0.15) is 13.2 Å². The minimum atomic E-state index is -4.51. The molecule has 0 fully saturated rings. The van der Waals surface area contributed by atoms with Gasteiger partial charge in [-0.1, -0.05) is 0 Å². The molecule has 2 heterocycles. The third kappa shape index (κ3) is 7.43. The number of anilines is 1. The fourth-order valence-electron chi connectivity index (χ4n) is 2.61. The molecule has 1 unspecified atom stereocenters. The largest absolute Gasteiger partial charge is 0.488 e. The number of pyridine rings is 2. The number of hydrogen-bond donors (Lipinski definition) is 2. The van der Waals surface area contributed by atoms with Gasteiger partial charge in [-0.3, -0.25) is 9.59 Å². The van der Waals surface area contributed by atoms with Crippen molar-refractivity contribution < 1.29 is 32.2 Å². The van der Waals surface area contributed by atoms with Gasteiger partial charge >= 0.3 is 6.18 Å². The van der Waals surface area contributed by atoms with Crippen molar-refractivity contribution in [1.82, 2.24) is 15.3 Å². The molecule has 0 aliphatic carbocycles. The molecule has 8 nitrogen and oxygen atoms in total. The van der Waals surface area contributed by atoms with Gasteiger partial charge in [0, 0.05) is 24.4 Å². The van der Waals surface area contributed by atoms with E-state index in [-0.39, 0.29) is 35.5 Å². The van der Waals surface area contributed by atoms with E-state index in [1.807, 2.05) is 0 Å². The Kier molecular flexibility index (Phi) is 7.78. The van der Waals surface area contributed by atoms with Crippen LogP contribution in [0.1, 0.15) is 48.4 Å². The van der Waals surface area contributed by atoms with Crippen LogP contribution in [0.15, 0.2) is 24.4 Å². The van der Waals surface area contributed by atoms with Gasteiger partial charge in [0.1, 0.15) is 5.82 Å². The molecule has 0 bridgehead atoms. The Morgan fingerprint density at radius 2 is 1.90 bits per heavy atom. The smallest absolute Gasteiger partial charge is 0.422 e. The van der Waals surface area contributed by atoms with E-state index in [2.05, 4.69) is 20.6 Å². The molecule has 2 amide bonds. The minimum absolute atomic E-state index is 0.0399. The SMILES string of the molecule is CCOc1cc(C(C)NC(=O)c2cc(C)nc(NC(C)=O)c2)cnc1OCC(F)(F)F. The summed E-state index contributed by atoms with van der Waals surface area (Å²) < 4.78 is 47.3. The van der Waals surface area contributed by atoms with Gasteiger partial charge in [0.2, 0.25) is 5.91 Å². The van der Waals surface area contributed by atoms with Gasteiger partial charge in [-0.15, -0.1) is 0 Å². The minimum Gasteiger partial charge on any atom is -0.488 e. The van der Waals surface area contributed by atoms with Gasteiger partial charge in [0.05, 0.1) is 12.6 Å². The van der Waals surface area contributed by atoms with Gasteiger partial charge < -0.3 is 20.1 Å². The van der Waals surface area contributed by atoms with E-state index in [0.29, 0.717) is 11.3 Å². The van der Waals surface area contributed by atoms with Crippen LogP contribution in [-0.2, 0) is 4.79 Å². The molecule has 0 saturated heterocycles. The highest BCUT2D eigenvalue weighted by molar-refractivity contribution is 5.96. The summed E-state index contributed by atoms with van der Waals surface area (Å²) >= 11 is 0. The molecule has 0 radical (unpaired) electrons. The number of nitrogens with zero attached hydrogens (tertiary/aromatic N) is 2. The van der Waals surface area contributed by atoms with E-state index < -0.39 is 24.7 Å². The first-order chi connectivity index (χ1) is 14.5. The predicted octanol–water partition coefficient (Wildman–Crippen LogP) is 3.57.